The number of aryl methyl sites for hydroxylation is 1. The molecule has 1 aliphatic rings. The van der Waals surface area contributed by atoms with Crippen molar-refractivity contribution in [2.45, 2.75) is 26.2 Å². The van der Waals surface area contributed by atoms with Crippen molar-refractivity contribution < 1.29 is 8.42 Å². The molecule has 1 saturated carbocycles. The molecule has 1 fully saturated rings. The molecule has 1 aromatic rings. The van der Waals surface area contributed by atoms with Gasteiger partial charge < -0.3 is 5.73 Å². The average Bonchev–Trinajstić information content (AvgIpc) is 3.15. The van der Waals surface area contributed by atoms with Crippen LogP contribution in [-0.4, -0.2) is 27.3 Å². The van der Waals surface area contributed by atoms with E-state index in [2.05, 4.69) is 0 Å². The molecule has 2 N–H and O–H groups in total. The van der Waals surface area contributed by atoms with Crippen molar-refractivity contribution in [3.8, 4) is 0 Å². The molecule has 0 heterocycles. The van der Waals surface area contributed by atoms with Crippen LogP contribution in [0.4, 0.5) is 5.69 Å². The summed E-state index contributed by atoms with van der Waals surface area (Å²) in [7, 11) is -3.22. The number of hydrogen-bond donors (Lipinski definition) is 1. The molecule has 0 saturated heterocycles. The van der Waals surface area contributed by atoms with Gasteiger partial charge in [0, 0.05) is 6.54 Å². The van der Waals surface area contributed by atoms with Gasteiger partial charge in [0.1, 0.15) is 0 Å². The Kier molecular flexibility index (Phi) is 4.47. The molecule has 0 aliphatic heterocycles. The lowest BCUT2D eigenvalue weighted by Gasteiger charge is -2.24. The highest BCUT2D eigenvalue weighted by atomic mass is 32.2. The van der Waals surface area contributed by atoms with Crippen LogP contribution in [0.25, 0.3) is 0 Å². The Morgan fingerprint density at radius 1 is 1.26 bits per heavy atom. The summed E-state index contributed by atoms with van der Waals surface area (Å²) in [6, 6.07) is 7.63. The monoisotopic (exact) mass is 282 g/mol. The van der Waals surface area contributed by atoms with Gasteiger partial charge in [0.05, 0.1) is 11.4 Å². The largest absolute Gasteiger partial charge is 0.330 e. The molecule has 106 valence electrons. The zero-order valence-electron chi connectivity index (χ0n) is 11.4. The highest BCUT2D eigenvalue weighted by Crippen LogP contribution is 2.32. The maximum atomic E-state index is 12.5. The zero-order chi connectivity index (χ0) is 13.9. The number of sulfonamides is 1. The molecule has 1 aliphatic carbocycles. The van der Waals surface area contributed by atoms with Gasteiger partial charge in [-0.3, -0.25) is 4.31 Å². The minimum atomic E-state index is -3.22. The zero-order valence-corrected chi connectivity index (χ0v) is 12.2. The summed E-state index contributed by atoms with van der Waals surface area (Å²) < 4.78 is 26.4. The van der Waals surface area contributed by atoms with Crippen LogP contribution >= 0.6 is 0 Å². The van der Waals surface area contributed by atoms with Gasteiger partial charge in [0.2, 0.25) is 10.0 Å². The third-order valence-electron chi connectivity index (χ3n) is 3.37. The van der Waals surface area contributed by atoms with Crippen molar-refractivity contribution in [2.24, 2.45) is 11.7 Å². The number of nitrogens with two attached hydrogens (primary N) is 1. The van der Waals surface area contributed by atoms with E-state index >= 15 is 0 Å². The van der Waals surface area contributed by atoms with Gasteiger partial charge in [-0.25, -0.2) is 8.42 Å². The molecule has 4 nitrogen and oxygen atoms in total. The number of nitrogens with zero attached hydrogens (tertiary/aromatic N) is 1. The summed E-state index contributed by atoms with van der Waals surface area (Å²) in [6.45, 7) is 2.96. The van der Waals surface area contributed by atoms with Crippen LogP contribution < -0.4 is 10.0 Å². The SMILES string of the molecule is Cc1ccc(N(CCCN)S(=O)(=O)CC2CC2)cc1. The van der Waals surface area contributed by atoms with E-state index in [0.29, 0.717) is 25.4 Å². The van der Waals surface area contributed by atoms with Gasteiger partial charge in [-0.2, -0.15) is 0 Å². The molecular weight excluding hydrogens is 260 g/mol. The summed E-state index contributed by atoms with van der Waals surface area (Å²) in [5.41, 5.74) is 7.39. The quantitative estimate of drug-likeness (QED) is 0.830. The van der Waals surface area contributed by atoms with Crippen LogP contribution in [0.15, 0.2) is 24.3 Å². The minimum Gasteiger partial charge on any atom is -0.330 e. The van der Waals surface area contributed by atoms with Crippen molar-refractivity contribution in [3.05, 3.63) is 29.8 Å². The molecular formula is C14H22N2O2S. The number of anilines is 1. The molecule has 0 unspecified atom stereocenters. The van der Waals surface area contributed by atoms with Gasteiger partial charge in [0.25, 0.3) is 0 Å². The van der Waals surface area contributed by atoms with Gasteiger partial charge in [-0.1, -0.05) is 17.7 Å². The lowest BCUT2D eigenvalue weighted by molar-refractivity contribution is 0.585. The van der Waals surface area contributed by atoms with E-state index < -0.39 is 10.0 Å². The smallest absolute Gasteiger partial charge is 0.235 e. The molecule has 0 amide bonds. The van der Waals surface area contributed by atoms with Crippen molar-refractivity contribution in [3.63, 3.8) is 0 Å². The molecule has 19 heavy (non-hydrogen) atoms. The van der Waals surface area contributed by atoms with Crippen LogP contribution in [0.3, 0.4) is 0 Å². The predicted octanol–water partition coefficient (Wildman–Crippen LogP) is 1.89. The Hall–Kier alpha value is -1.07. The number of hydrogen-bond acceptors (Lipinski definition) is 3. The molecule has 0 atom stereocenters. The number of benzene rings is 1. The van der Waals surface area contributed by atoms with E-state index in [-0.39, 0.29) is 5.75 Å². The third kappa shape index (κ3) is 3.94. The van der Waals surface area contributed by atoms with Gasteiger partial charge in [-0.05, 0) is 50.8 Å². The normalized spacial score (nSPS) is 15.5. The summed E-state index contributed by atoms with van der Waals surface area (Å²) in [6.07, 6.45) is 2.76. The molecule has 5 heteroatoms. The van der Waals surface area contributed by atoms with Crippen molar-refractivity contribution >= 4 is 15.7 Å². The summed E-state index contributed by atoms with van der Waals surface area (Å²) in [4.78, 5) is 0. The Morgan fingerprint density at radius 2 is 1.89 bits per heavy atom. The van der Waals surface area contributed by atoms with E-state index in [1.165, 1.54) is 4.31 Å². The van der Waals surface area contributed by atoms with Crippen LogP contribution in [0.1, 0.15) is 24.8 Å². The third-order valence-corrected chi connectivity index (χ3v) is 5.32. The standard InChI is InChI=1S/C14H22N2O2S/c1-12-3-7-14(8-4-12)16(10-2-9-15)19(17,18)11-13-5-6-13/h3-4,7-8,13H,2,5-6,9-11,15H2,1H3. The fourth-order valence-corrected chi connectivity index (χ4v) is 4.01. The van der Waals surface area contributed by atoms with Gasteiger partial charge in [-0.15, -0.1) is 0 Å². The van der Waals surface area contributed by atoms with E-state index in [1.54, 1.807) is 0 Å². The van der Waals surface area contributed by atoms with E-state index in [1.807, 2.05) is 31.2 Å². The predicted molar refractivity (Wildman–Crippen MR) is 78.7 cm³/mol. The summed E-state index contributed by atoms with van der Waals surface area (Å²) >= 11 is 0. The second-order valence-corrected chi connectivity index (χ2v) is 7.21. The summed E-state index contributed by atoms with van der Waals surface area (Å²) in [5, 5.41) is 0. The fourth-order valence-electron chi connectivity index (χ4n) is 2.05. The minimum absolute atomic E-state index is 0.269. The highest BCUT2D eigenvalue weighted by Gasteiger charge is 2.31. The topological polar surface area (TPSA) is 63.4 Å². The fraction of sp³-hybridized carbons (Fsp3) is 0.571. The van der Waals surface area contributed by atoms with Crippen molar-refractivity contribution in [1.82, 2.24) is 0 Å². The molecule has 1 aromatic carbocycles. The lowest BCUT2D eigenvalue weighted by Crippen LogP contribution is -2.35. The van der Waals surface area contributed by atoms with Crippen LogP contribution in [0.2, 0.25) is 0 Å². The van der Waals surface area contributed by atoms with Crippen LogP contribution in [0.5, 0.6) is 0 Å². The van der Waals surface area contributed by atoms with E-state index in [4.69, 9.17) is 5.73 Å². The van der Waals surface area contributed by atoms with Crippen LogP contribution in [-0.2, 0) is 10.0 Å². The van der Waals surface area contributed by atoms with Crippen molar-refractivity contribution in [1.29, 1.82) is 0 Å². The second-order valence-electron chi connectivity index (χ2n) is 5.27. The Balaban J connectivity index is 2.21. The van der Waals surface area contributed by atoms with Gasteiger partial charge in [0.15, 0.2) is 0 Å². The van der Waals surface area contributed by atoms with Gasteiger partial charge >= 0.3 is 0 Å². The van der Waals surface area contributed by atoms with E-state index in [0.717, 1.165) is 24.1 Å². The summed E-state index contributed by atoms with van der Waals surface area (Å²) in [5.74, 6) is 0.627. The first kappa shape index (κ1) is 14.3. The maximum Gasteiger partial charge on any atom is 0.235 e. The second kappa shape index (κ2) is 5.92. The Bertz CT molecular complexity index is 507. The highest BCUT2D eigenvalue weighted by molar-refractivity contribution is 7.92. The first-order chi connectivity index (χ1) is 9.03. The number of rotatable bonds is 7. The molecule has 0 radical (unpaired) electrons. The maximum absolute atomic E-state index is 12.5. The first-order valence-electron chi connectivity index (χ1n) is 6.80. The van der Waals surface area contributed by atoms with E-state index in [9.17, 15) is 8.42 Å². The molecule has 2 rings (SSSR count). The van der Waals surface area contributed by atoms with Crippen molar-refractivity contribution in [2.75, 3.05) is 23.1 Å². The average molecular weight is 282 g/mol. The van der Waals surface area contributed by atoms with Crippen LogP contribution in [0, 0.1) is 12.8 Å². The first-order valence-corrected chi connectivity index (χ1v) is 8.41. The Labute approximate surface area is 115 Å². The Morgan fingerprint density at radius 3 is 2.42 bits per heavy atom. The molecule has 0 aromatic heterocycles. The molecule has 0 spiro atoms. The molecule has 0 bridgehead atoms. The lowest BCUT2D eigenvalue weighted by atomic mass is 10.2.